The first-order valence-electron chi connectivity index (χ1n) is 7.00. The van der Waals surface area contributed by atoms with E-state index in [2.05, 4.69) is 38.3 Å². The monoisotopic (exact) mass is 303 g/mol. The van der Waals surface area contributed by atoms with Crippen molar-refractivity contribution in [2.24, 2.45) is 5.84 Å². The molecule has 0 heterocycles. The molecule has 0 aliphatic heterocycles. The molecule has 0 aromatic heterocycles. The molecule has 5 N–H and O–H groups in total. The van der Waals surface area contributed by atoms with E-state index < -0.39 is 0 Å². The maximum atomic E-state index is 6.07. The molecule has 2 rings (SSSR count). The molecular weight excluding hydrogens is 282 g/mol. The lowest BCUT2D eigenvalue weighted by Crippen LogP contribution is -2.30. The second kappa shape index (κ2) is 6.48. The number of nitrogens with one attached hydrogen (secondary N) is 1. The van der Waals surface area contributed by atoms with Gasteiger partial charge in [-0.1, -0.05) is 35.4 Å². The zero-order chi connectivity index (χ0) is 15.6. The predicted octanol–water partition coefficient (Wildman–Crippen LogP) is 3.59. The molecule has 0 saturated heterocycles. The van der Waals surface area contributed by atoms with Crippen molar-refractivity contribution < 1.29 is 0 Å². The van der Waals surface area contributed by atoms with Gasteiger partial charge in [0.15, 0.2) is 0 Å². The average Bonchev–Trinajstić information content (AvgIpc) is 2.39. The highest BCUT2D eigenvalue weighted by molar-refractivity contribution is 6.30. The Morgan fingerprint density at radius 1 is 1.10 bits per heavy atom. The molecule has 21 heavy (non-hydrogen) atoms. The molecule has 4 heteroatoms. The van der Waals surface area contributed by atoms with Crippen molar-refractivity contribution in [1.29, 1.82) is 0 Å². The Kier molecular flexibility index (Phi) is 4.88. The van der Waals surface area contributed by atoms with E-state index in [0.717, 1.165) is 12.0 Å². The van der Waals surface area contributed by atoms with Crippen molar-refractivity contribution in [1.82, 2.24) is 5.43 Å². The molecule has 0 radical (unpaired) electrons. The highest BCUT2D eigenvalue weighted by Gasteiger charge is 2.16. The van der Waals surface area contributed by atoms with Crippen molar-refractivity contribution in [2.45, 2.75) is 33.2 Å². The smallest absolute Gasteiger partial charge is 0.0520 e. The Morgan fingerprint density at radius 2 is 1.71 bits per heavy atom. The summed E-state index contributed by atoms with van der Waals surface area (Å²) < 4.78 is 0. The lowest BCUT2D eigenvalue weighted by atomic mass is 9.91. The van der Waals surface area contributed by atoms with Crippen LogP contribution in [0.1, 0.15) is 33.9 Å². The second-order valence-electron chi connectivity index (χ2n) is 5.57. The second-order valence-corrected chi connectivity index (χ2v) is 6.01. The number of anilines is 1. The van der Waals surface area contributed by atoms with Gasteiger partial charge >= 0.3 is 0 Å². The Bertz CT molecular complexity index is 629. The van der Waals surface area contributed by atoms with Gasteiger partial charge in [-0.3, -0.25) is 11.3 Å². The van der Waals surface area contributed by atoms with Gasteiger partial charge < -0.3 is 5.73 Å². The van der Waals surface area contributed by atoms with Crippen LogP contribution in [0.15, 0.2) is 30.3 Å². The van der Waals surface area contributed by atoms with E-state index in [1.807, 2.05) is 12.1 Å². The number of benzene rings is 2. The van der Waals surface area contributed by atoms with Gasteiger partial charge in [0.05, 0.1) is 6.04 Å². The van der Waals surface area contributed by atoms with E-state index >= 15 is 0 Å². The van der Waals surface area contributed by atoms with Crippen LogP contribution in [0.3, 0.4) is 0 Å². The fraction of sp³-hybridized carbons (Fsp3) is 0.294. The molecule has 0 aliphatic carbocycles. The average molecular weight is 304 g/mol. The van der Waals surface area contributed by atoms with E-state index in [1.165, 1.54) is 22.3 Å². The lowest BCUT2D eigenvalue weighted by Gasteiger charge is -2.21. The van der Waals surface area contributed by atoms with Crippen LogP contribution >= 0.6 is 11.6 Å². The molecule has 0 fully saturated rings. The van der Waals surface area contributed by atoms with Crippen molar-refractivity contribution >= 4 is 17.3 Å². The van der Waals surface area contributed by atoms with Crippen LogP contribution in [0.2, 0.25) is 5.02 Å². The molecule has 2 aromatic carbocycles. The van der Waals surface area contributed by atoms with Crippen LogP contribution in [0.25, 0.3) is 0 Å². The first kappa shape index (κ1) is 15.8. The maximum Gasteiger partial charge on any atom is 0.0520 e. The largest absolute Gasteiger partial charge is 0.398 e. The fourth-order valence-corrected chi connectivity index (χ4v) is 3.04. The SMILES string of the molecule is Cc1cc(C)c(CC(NN)c2ccc(Cl)cc2N)c(C)c1. The molecule has 1 atom stereocenters. The van der Waals surface area contributed by atoms with Gasteiger partial charge in [0.1, 0.15) is 0 Å². The predicted molar refractivity (Wildman–Crippen MR) is 90.3 cm³/mol. The molecule has 0 bridgehead atoms. The van der Waals surface area contributed by atoms with Gasteiger partial charge in [-0.2, -0.15) is 0 Å². The minimum atomic E-state index is -0.0395. The summed E-state index contributed by atoms with van der Waals surface area (Å²) in [6.45, 7) is 6.38. The van der Waals surface area contributed by atoms with Gasteiger partial charge in [0.2, 0.25) is 0 Å². The zero-order valence-corrected chi connectivity index (χ0v) is 13.5. The highest BCUT2D eigenvalue weighted by atomic mass is 35.5. The number of hydrazine groups is 1. The summed E-state index contributed by atoms with van der Waals surface area (Å²) in [7, 11) is 0. The van der Waals surface area contributed by atoms with E-state index in [-0.39, 0.29) is 6.04 Å². The number of aryl methyl sites for hydroxylation is 3. The van der Waals surface area contributed by atoms with Gasteiger partial charge in [0.25, 0.3) is 0 Å². The van der Waals surface area contributed by atoms with Gasteiger partial charge in [-0.15, -0.1) is 0 Å². The first-order chi connectivity index (χ1) is 9.92. The van der Waals surface area contributed by atoms with Gasteiger partial charge in [-0.05, 0) is 61.6 Å². The van der Waals surface area contributed by atoms with Crippen molar-refractivity contribution in [3.8, 4) is 0 Å². The Morgan fingerprint density at radius 3 is 2.24 bits per heavy atom. The molecule has 0 amide bonds. The summed E-state index contributed by atoms with van der Waals surface area (Å²) in [5.74, 6) is 5.75. The van der Waals surface area contributed by atoms with E-state index in [0.29, 0.717) is 10.7 Å². The highest BCUT2D eigenvalue weighted by Crippen LogP contribution is 2.28. The fourth-order valence-electron chi connectivity index (χ4n) is 2.86. The summed E-state index contributed by atoms with van der Waals surface area (Å²) in [5.41, 5.74) is 15.7. The normalized spacial score (nSPS) is 12.4. The number of rotatable bonds is 4. The molecule has 112 valence electrons. The third kappa shape index (κ3) is 3.56. The van der Waals surface area contributed by atoms with Crippen LogP contribution < -0.4 is 17.0 Å². The van der Waals surface area contributed by atoms with E-state index in [9.17, 15) is 0 Å². The van der Waals surface area contributed by atoms with E-state index in [1.54, 1.807) is 6.07 Å². The summed E-state index contributed by atoms with van der Waals surface area (Å²) in [5, 5.41) is 0.634. The van der Waals surface area contributed by atoms with E-state index in [4.69, 9.17) is 23.2 Å². The van der Waals surface area contributed by atoms with Crippen molar-refractivity contribution in [2.75, 3.05) is 5.73 Å². The quantitative estimate of drug-likeness (QED) is 0.459. The van der Waals surface area contributed by atoms with Crippen LogP contribution in [0, 0.1) is 20.8 Å². The molecule has 2 aromatic rings. The van der Waals surface area contributed by atoms with Crippen molar-refractivity contribution in [3.63, 3.8) is 0 Å². The van der Waals surface area contributed by atoms with Crippen LogP contribution in [0.4, 0.5) is 5.69 Å². The van der Waals surface area contributed by atoms with Gasteiger partial charge in [0, 0.05) is 10.7 Å². The Labute approximate surface area is 131 Å². The minimum absolute atomic E-state index is 0.0395. The standard InChI is InChI=1S/C17H22ClN3/c1-10-6-11(2)15(12(3)7-10)9-17(21-20)14-5-4-13(18)8-16(14)19/h4-8,17,21H,9,19-20H2,1-3H3. The molecule has 0 aliphatic rings. The molecular formula is C17H22ClN3. The lowest BCUT2D eigenvalue weighted by molar-refractivity contribution is 0.551. The third-order valence-corrected chi connectivity index (χ3v) is 4.11. The number of nitrogen functional groups attached to an aromatic ring is 1. The zero-order valence-electron chi connectivity index (χ0n) is 12.7. The van der Waals surface area contributed by atoms with Crippen molar-refractivity contribution in [3.05, 3.63) is 63.2 Å². The summed E-state index contributed by atoms with van der Waals surface area (Å²) >= 11 is 5.96. The number of hydrogen-bond donors (Lipinski definition) is 3. The molecule has 0 saturated carbocycles. The van der Waals surface area contributed by atoms with Crippen LogP contribution in [0.5, 0.6) is 0 Å². The molecule has 3 nitrogen and oxygen atoms in total. The summed E-state index contributed by atoms with van der Waals surface area (Å²) in [6, 6.07) is 9.88. The number of hydrogen-bond acceptors (Lipinski definition) is 3. The Hall–Kier alpha value is -1.55. The summed E-state index contributed by atoms with van der Waals surface area (Å²) in [6.07, 6.45) is 0.792. The van der Waals surface area contributed by atoms with Gasteiger partial charge in [-0.25, -0.2) is 0 Å². The minimum Gasteiger partial charge on any atom is -0.398 e. The number of halogens is 1. The van der Waals surface area contributed by atoms with Crippen LogP contribution in [-0.4, -0.2) is 0 Å². The number of nitrogens with two attached hydrogens (primary N) is 2. The summed E-state index contributed by atoms with van der Waals surface area (Å²) in [4.78, 5) is 0. The van der Waals surface area contributed by atoms with Crippen LogP contribution in [-0.2, 0) is 6.42 Å². The molecule has 0 spiro atoms. The first-order valence-corrected chi connectivity index (χ1v) is 7.38. The molecule has 1 unspecified atom stereocenters. The maximum absolute atomic E-state index is 6.07. The Balaban J connectivity index is 2.36. The topological polar surface area (TPSA) is 64.1 Å². The third-order valence-electron chi connectivity index (χ3n) is 3.87.